The first kappa shape index (κ1) is 7.62. The molecule has 0 aliphatic carbocycles. The predicted molar refractivity (Wildman–Crippen MR) is 33.0 cm³/mol. The van der Waals surface area contributed by atoms with Crippen LogP contribution >= 0.6 is 0 Å². The van der Waals surface area contributed by atoms with Gasteiger partial charge < -0.3 is 5.11 Å². The van der Waals surface area contributed by atoms with E-state index >= 15 is 0 Å². The van der Waals surface area contributed by atoms with Gasteiger partial charge in [-0.2, -0.15) is 0 Å². The third-order valence-corrected chi connectivity index (χ3v) is 0.787. The van der Waals surface area contributed by atoms with E-state index < -0.39 is 6.35 Å². The highest BCUT2D eigenvalue weighted by molar-refractivity contribution is 4.80. The Bertz CT molecular complexity index is 72.8. The lowest BCUT2D eigenvalue weighted by molar-refractivity contribution is 0.138. The van der Waals surface area contributed by atoms with Crippen LogP contribution in [0.4, 0.5) is 0 Å². The van der Waals surface area contributed by atoms with Gasteiger partial charge in [0.05, 0.1) is 0 Å². The van der Waals surface area contributed by atoms with Crippen molar-refractivity contribution >= 4 is 0 Å². The molecule has 0 aliphatic heterocycles. The molecule has 3 nitrogen and oxygen atoms in total. The van der Waals surface area contributed by atoms with Gasteiger partial charge in [-0.1, -0.05) is 6.08 Å². The number of aliphatic hydroxyl groups excluding tert-OH is 1. The van der Waals surface area contributed by atoms with Crippen LogP contribution in [0.2, 0.25) is 0 Å². The van der Waals surface area contributed by atoms with Gasteiger partial charge in [0, 0.05) is 6.04 Å². The van der Waals surface area contributed by atoms with E-state index in [4.69, 9.17) is 10.8 Å². The molecule has 2 unspecified atom stereocenters. The minimum atomic E-state index is -0.942. The van der Waals surface area contributed by atoms with Gasteiger partial charge in [0.2, 0.25) is 0 Å². The fourth-order valence-electron chi connectivity index (χ4n) is 0.337. The average molecular weight is 116 g/mol. The largest absolute Gasteiger partial charge is 0.366 e. The number of hydrogen-bond donors (Lipinski definition) is 3. The van der Waals surface area contributed by atoms with Gasteiger partial charge in [-0.3, -0.25) is 11.1 Å². The van der Waals surface area contributed by atoms with Gasteiger partial charge in [-0.25, -0.2) is 0 Å². The lowest BCUT2D eigenvalue weighted by Gasteiger charge is -2.10. The summed E-state index contributed by atoms with van der Waals surface area (Å²) in [7, 11) is 0. The van der Waals surface area contributed by atoms with Gasteiger partial charge in [-0.15, -0.1) is 6.58 Å². The molecule has 0 spiro atoms. The fourth-order valence-corrected chi connectivity index (χ4v) is 0.337. The Kier molecular flexibility index (Phi) is 3.43. The Labute approximate surface area is 49.2 Å². The molecule has 3 heteroatoms. The Morgan fingerprint density at radius 2 is 2.38 bits per heavy atom. The highest BCUT2D eigenvalue weighted by atomic mass is 16.3. The zero-order chi connectivity index (χ0) is 6.57. The second kappa shape index (κ2) is 3.60. The Balaban J connectivity index is 3.23. The molecule has 0 aromatic heterocycles. The van der Waals surface area contributed by atoms with E-state index in [1.165, 1.54) is 0 Å². The summed E-state index contributed by atoms with van der Waals surface area (Å²) in [6.07, 6.45) is 0.721. The lowest BCUT2D eigenvalue weighted by Crippen LogP contribution is -2.41. The number of nitrogens with one attached hydrogen (secondary N) is 1. The first-order valence-electron chi connectivity index (χ1n) is 2.49. The zero-order valence-corrected chi connectivity index (χ0v) is 4.96. The van der Waals surface area contributed by atoms with Crippen molar-refractivity contribution in [1.82, 2.24) is 5.32 Å². The standard InChI is InChI=1S/C5H12N2O/c1-3-4(2)7-5(6)8/h3-5,7-8H,1,6H2,2H3. The maximum atomic E-state index is 8.47. The first-order valence-corrected chi connectivity index (χ1v) is 2.49. The van der Waals surface area contributed by atoms with E-state index in [0.29, 0.717) is 0 Å². The van der Waals surface area contributed by atoms with Gasteiger partial charge >= 0.3 is 0 Å². The Hall–Kier alpha value is -0.380. The van der Waals surface area contributed by atoms with Gasteiger partial charge in [0.25, 0.3) is 0 Å². The molecule has 0 rings (SSSR count). The smallest absolute Gasteiger partial charge is 0.158 e. The number of nitrogens with two attached hydrogens (primary N) is 1. The summed E-state index contributed by atoms with van der Waals surface area (Å²) in [5.74, 6) is 0. The fraction of sp³-hybridized carbons (Fsp3) is 0.600. The topological polar surface area (TPSA) is 58.3 Å². The number of hydrogen-bond acceptors (Lipinski definition) is 3. The molecule has 0 aromatic carbocycles. The van der Waals surface area contributed by atoms with Gasteiger partial charge in [0.1, 0.15) is 0 Å². The average Bonchev–Trinajstić information content (AvgIpc) is 1.65. The van der Waals surface area contributed by atoms with Crippen molar-refractivity contribution in [2.45, 2.75) is 19.3 Å². The van der Waals surface area contributed by atoms with E-state index in [2.05, 4.69) is 11.9 Å². The molecular formula is C5H12N2O. The summed E-state index contributed by atoms with van der Waals surface area (Å²) in [5.41, 5.74) is 4.97. The van der Waals surface area contributed by atoms with Crippen molar-refractivity contribution in [1.29, 1.82) is 0 Å². The van der Waals surface area contributed by atoms with Gasteiger partial charge in [0.15, 0.2) is 6.35 Å². The van der Waals surface area contributed by atoms with E-state index in [9.17, 15) is 0 Å². The SMILES string of the molecule is C=CC(C)NC(N)O. The lowest BCUT2D eigenvalue weighted by atomic mass is 10.3. The van der Waals surface area contributed by atoms with E-state index in [0.717, 1.165) is 0 Å². The van der Waals surface area contributed by atoms with E-state index in [-0.39, 0.29) is 6.04 Å². The van der Waals surface area contributed by atoms with Gasteiger partial charge in [-0.05, 0) is 6.92 Å². The normalized spacial score (nSPS) is 17.4. The molecule has 0 bridgehead atoms. The number of aliphatic hydroxyl groups is 1. The quantitative estimate of drug-likeness (QED) is 0.340. The van der Waals surface area contributed by atoms with Crippen molar-refractivity contribution in [3.63, 3.8) is 0 Å². The van der Waals surface area contributed by atoms with Crippen LogP contribution in [0.25, 0.3) is 0 Å². The molecular weight excluding hydrogens is 104 g/mol. The van der Waals surface area contributed by atoms with Crippen molar-refractivity contribution in [3.05, 3.63) is 12.7 Å². The van der Waals surface area contributed by atoms with Crippen LogP contribution in [0, 0.1) is 0 Å². The molecule has 0 radical (unpaired) electrons. The molecule has 48 valence electrons. The summed E-state index contributed by atoms with van der Waals surface area (Å²) < 4.78 is 0. The summed E-state index contributed by atoms with van der Waals surface area (Å²) >= 11 is 0. The van der Waals surface area contributed by atoms with Crippen molar-refractivity contribution < 1.29 is 5.11 Å². The van der Waals surface area contributed by atoms with Crippen LogP contribution in [0.5, 0.6) is 0 Å². The summed E-state index contributed by atoms with van der Waals surface area (Å²) in [5, 5.41) is 11.1. The first-order chi connectivity index (χ1) is 3.66. The van der Waals surface area contributed by atoms with Crippen LogP contribution < -0.4 is 11.1 Å². The molecule has 0 aliphatic rings. The van der Waals surface area contributed by atoms with Crippen molar-refractivity contribution in [3.8, 4) is 0 Å². The van der Waals surface area contributed by atoms with Crippen LogP contribution in [0.1, 0.15) is 6.92 Å². The maximum absolute atomic E-state index is 8.47. The van der Waals surface area contributed by atoms with Crippen LogP contribution in [0.15, 0.2) is 12.7 Å². The monoisotopic (exact) mass is 116 g/mol. The van der Waals surface area contributed by atoms with Crippen LogP contribution in [-0.4, -0.2) is 17.5 Å². The molecule has 0 heterocycles. The van der Waals surface area contributed by atoms with Crippen LogP contribution in [0.3, 0.4) is 0 Å². The Morgan fingerprint density at radius 3 is 2.50 bits per heavy atom. The molecule has 0 fully saturated rings. The second-order valence-corrected chi connectivity index (χ2v) is 1.64. The zero-order valence-electron chi connectivity index (χ0n) is 4.96. The molecule has 0 amide bonds. The predicted octanol–water partition coefficient (Wildman–Crippen LogP) is -0.615. The molecule has 2 atom stereocenters. The van der Waals surface area contributed by atoms with Crippen molar-refractivity contribution in [2.75, 3.05) is 0 Å². The van der Waals surface area contributed by atoms with E-state index in [1.54, 1.807) is 6.08 Å². The minimum absolute atomic E-state index is 0.0648. The molecule has 8 heavy (non-hydrogen) atoms. The highest BCUT2D eigenvalue weighted by Gasteiger charge is 1.96. The summed E-state index contributed by atoms with van der Waals surface area (Å²) in [6.45, 7) is 5.33. The maximum Gasteiger partial charge on any atom is 0.158 e. The molecule has 0 saturated heterocycles. The highest BCUT2D eigenvalue weighted by Crippen LogP contribution is 1.79. The molecule has 0 aromatic rings. The third kappa shape index (κ3) is 3.80. The molecule has 4 N–H and O–H groups in total. The summed E-state index contributed by atoms with van der Waals surface area (Å²) in [4.78, 5) is 0. The Morgan fingerprint density at radius 1 is 1.88 bits per heavy atom. The van der Waals surface area contributed by atoms with Crippen molar-refractivity contribution in [2.24, 2.45) is 5.73 Å². The molecule has 0 saturated carbocycles. The summed E-state index contributed by atoms with van der Waals surface area (Å²) in [6, 6.07) is 0.0648. The number of rotatable bonds is 3. The minimum Gasteiger partial charge on any atom is -0.366 e. The van der Waals surface area contributed by atoms with E-state index in [1.807, 2.05) is 6.92 Å². The third-order valence-electron chi connectivity index (χ3n) is 0.787. The van der Waals surface area contributed by atoms with Crippen LogP contribution in [-0.2, 0) is 0 Å². The second-order valence-electron chi connectivity index (χ2n) is 1.64.